The van der Waals surface area contributed by atoms with Crippen molar-refractivity contribution in [3.05, 3.63) is 200 Å². The van der Waals surface area contributed by atoms with Crippen LogP contribution in [0.25, 0.3) is 120 Å². The molecule has 0 radical (unpaired) electrons. The molecule has 0 aliphatic rings. The summed E-state index contributed by atoms with van der Waals surface area (Å²) in [6.45, 7) is 0. The van der Waals surface area contributed by atoms with Crippen LogP contribution in [0.5, 0.6) is 0 Å². The Hall–Kier alpha value is -7.93. The summed E-state index contributed by atoms with van der Waals surface area (Å²) in [5.74, 6) is 0.646. The molecule has 0 fully saturated rings. The number of rotatable bonds is 5. The van der Waals surface area contributed by atoms with Gasteiger partial charge in [0.15, 0.2) is 0 Å². The van der Waals surface area contributed by atoms with Gasteiger partial charge in [0, 0.05) is 61.0 Å². The van der Waals surface area contributed by atoms with Crippen LogP contribution < -0.4 is 0 Å². The molecule has 13 aromatic rings. The lowest BCUT2D eigenvalue weighted by Gasteiger charge is -2.12. The van der Waals surface area contributed by atoms with Crippen molar-refractivity contribution >= 4 is 86.7 Å². The third kappa shape index (κ3) is 5.16. The Balaban J connectivity index is 1.11. The third-order valence-corrected chi connectivity index (χ3v) is 13.4. The van der Waals surface area contributed by atoms with Gasteiger partial charge in [0.1, 0.15) is 0 Å². The quantitative estimate of drug-likeness (QED) is 0.174. The highest BCUT2D eigenvalue weighted by Gasteiger charge is 2.23. The minimum Gasteiger partial charge on any atom is -0.309 e. The fraction of sp³-hybridized carbons (Fsp3) is 0. The van der Waals surface area contributed by atoms with Crippen LogP contribution in [0.2, 0.25) is 0 Å². The molecule has 284 valence electrons. The summed E-state index contributed by atoms with van der Waals surface area (Å²) in [5, 5.41) is 9.63. The smallest absolute Gasteiger partial charge is 0.235 e. The Morgan fingerprint density at radius 3 is 1.97 bits per heavy atom. The highest BCUT2D eigenvalue weighted by atomic mass is 32.1. The molecule has 5 nitrogen and oxygen atoms in total. The van der Waals surface area contributed by atoms with Gasteiger partial charge in [0.05, 0.1) is 38.0 Å². The number of benzene rings is 8. The van der Waals surface area contributed by atoms with Crippen molar-refractivity contribution in [3.63, 3.8) is 0 Å². The van der Waals surface area contributed by atoms with Crippen molar-refractivity contribution in [2.24, 2.45) is 0 Å². The van der Waals surface area contributed by atoms with Crippen LogP contribution in [0.15, 0.2) is 200 Å². The molecular weight excluding hydrogens is 763 g/mol. The van der Waals surface area contributed by atoms with Crippen LogP contribution in [0.3, 0.4) is 0 Å². The van der Waals surface area contributed by atoms with Gasteiger partial charge in [-0.25, -0.2) is 9.97 Å². The molecule has 0 aliphatic carbocycles. The topological polar surface area (TPSA) is 48.5 Å². The monoisotopic (exact) mass is 795 g/mol. The highest BCUT2D eigenvalue weighted by molar-refractivity contribution is 7.22. The second-order valence-electron chi connectivity index (χ2n) is 15.6. The average molecular weight is 796 g/mol. The van der Waals surface area contributed by atoms with Crippen molar-refractivity contribution in [1.82, 2.24) is 24.1 Å². The first-order valence-corrected chi connectivity index (χ1v) is 21.3. The van der Waals surface area contributed by atoms with Crippen molar-refractivity contribution in [1.29, 1.82) is 0 Å². The first-order valence-electron chi connectivity index (χ1n) is 20.5. The maximum Gasteiger partial charge on any atom is 0.235 e. The van der Waals surface area contributed by atoms with E-state index >= 15 is 0 Å². The van der Waals surface area contributed by atoms with Crippen molar-refractivity contribution < 1.29 is 0 Å². The molecule has 5 heterocycles. The molecule has 0 atom stereocenters. The SMILES string of the molecule is c1ccc(-c2nc(-n3c4ccc(-c5cccc6c7c8ccccc8ccc7n(-c7ccccc7)c56)cc4c4ccc5ccccc5c43)nc3cc(-c4ccncc4)sc23)cc1. The van der Waals surface area contributed by atoms with E-state index in [2.05, 4.69) is 202 Å². The predicted octanol–water partition coefficient (Wildman–Crippen LogP) is 14.6. The van der Waals surface area contributed by atoms with Gasteiger partial charge in [0.25, 0.3) is 0 Å². The largest absolute Gasteiger partial charge is 0.309 e. The molecule has 8 aromatic carbocycles. The van der Waals surface area contributed by atoms with Crippen LogP contribution in [-0.4, -0.2) is 24.1 Å². The van der Waals surface area contributed by atoms with Crippen molar-refractivity contribution in [2.45, 2.75) is 0 Å². The zero-order valence-corrected chi connectivity index (χ0v) is 33.5. The van der Waals surface area contributed by atoms with Crippen molar-refractivity contribution in [2.75, 3.05) is 0 Å². The summed E-state index contributed by atoms with van der Waals surface area (Å²) in [4.78, 5) is 16.3. The van der Waals surface area contributed by atoms with E-state index < -0.39 is 0 Å². The molecule has 0 spiro atoms. The van der Waals surface area contributed by atoms with Gasteiger partial charge in [0.2, 0.25) is 5.95 Å². The molecule has 5 aromatic heterocycles. The zero-order valence-electron chi connectivity index (χ0n) is 32.7. The van der Waals surface area contributed by atoms with E-state index in [1.54, 1.807) is 11.3 Å². The summed E-state index contributed by atoms with van der Waals surface area (Å²) in [6.07, 6.45) is 3.69. The van der Waals surface area contributed by atoms with Crippen LogP contribution in [0.4, 0.5) is 0 Å². The lowest BCUT2D eigenvalue weighted by atomic mass is 9.98. The summed E-state index contributed by atoms with van der Waals surface area (Å²) < 4.78 is 5.80. The van der Waals surface area contributed by atoms with E-state index in [1.807, 2.05) is 12.4 Å². The molecule has 13 rings (SSSR count). The number of hydrogen-bond donors (Lipinski definition) is 0. The summed E-state index contributed by atoms with van der Waals surface area (Å²) >= 11 is 1.73. The van der Waals surface area contributed by atoms with E-state index in [0.29, 0.717) is 5.95 Å². The van der Waals surface area contributed by atoms with Crippen molar-refractivity contribution in [3.8, 4) is 44.5 Å². The van der Waals surface area contributed by atoms with E-state index in [1.165, 1.54) is 43.5 Å². The van der Waals surface area contributed by atoms with E-state index in [9.17, 15) is 0 Å². The van der Waals surface area contributed by atoms with Gasteiger partial charge < -0.3 is 4.57 Å². The van der Waals surface area contributed by atoms with Gasteiger partial charge in [-0.1, -0.05) is 140 Å². The lowest BCUT2D eigenvalue weighted by Crippen LogP contribution is -2.03. The van der Waals surface area contributed by atoms with Crippen LogP contribution in [-0.2, 0) is 0 Å². The number of para-hydroxylation sites is 2. The second kappa shape index (κ2) is 13.3. The number of nitrogens with zero attached hydrogens (tertiary/aromatic N) is 5. The van der Waals surface area contributed by atoms with Gasteiger partial charge in [-0.15, -0.1) is 11.3 Å². The highest BCUT2D eigenvalue weighted by Crippen LogP contribution is 2.44. The zero-order chi connectivity index (χ0) is 40.0. The first kappa shape index (κ1) is 34.0. The van der Waals surface area contributed by atoms with Crippen LogP contribution >= 0.6 is 11.3 Å². The van der Waals surface area contributed by atoms with E-state index in [4.69, 9.17) is 9.97 Å². The molecule has 61 heavy (non-hydrogen) atoms. The molecular formula is C55H33N5S. The Morgan fingerprint density at radius 1 is 0.426 bits per heavy atom. The molecule has 0 amide bonds. The van der Waals surface area contributed by atoms with E-state index in [0.717, 1.165) is 70.4 Å². The van der Waals surface area contributed by atoms with Gasteiger partial charge in [-0.3, -0.25) is 9.55 Å². The van der Waals surface area contributed by atoms with E-state index in [-0.39, 0.29) is 0 Å². The molecule has 0 aliphatic heterocycles. The third-order valence-electron chi connectivity index (χ3n) is 12.2. The maximum atomic E-state index is 5.49. The van der Waals surface area contributed by atoms with Gasteiger partial charge >= 0.3 is 0 Å². The maximum absolute atomic E-state index is 5.49. The molecule has 6 heteroatoms. The fourth-order valence-corrected chi connectivity index (χ4v) is 10.7. The Bertz CT molecular complexity index is 3860. The van der Waals surface area contributed by atoms with Crippen LogP contribution in [0, 0.1) is 0 Å². The van der Waals surface area contributed by atoms with Gasteiger partial charge in [-0.05, 0) is 75.8 Å². The number of thiophene rings is 1. The number of hydrogen-bond acceptors (Lipinski definition) is 4. The second-order valence-corrected chi connectivity index (χ2v) is 16.7. The lowest BCUT2D eigenvalue weighted by molar-refractivity contribution is 1.02. The Kier molecular flexibility index (Phi) is 7.41. The number of pyridine rings is 1. The molecule has 0 saturated carbocycles. The minimum absolute atomic E-state index is 0.646. The average Bonchev–Trinajstić information content (AvgIpc) is 4.02. The number of fused-ring (bicyclic) bond motifs is 11. The number of aromatic nitrogens is 5. The normalized spacial score (nSPS) is 11.9. The Labute approximate surface area is 354 Å². The fourth-order valence-electron chi connectivity index (χ4n) is 9.54. The molecule has 0 N–H and O–H groups in total. The molecule has 0 saturated heterocycles. The summed E-state index contributed by atoms with van der Waals surface area (Å²) in [5.41, 5.74) is 12.0. The first-order chi connectivity index (χ1) is 30.3. The summed E-state index contributed by atoms with van der Waals surface area (Å²) in [7, 11) is 0. The standard InChI is InChI=1S/C55H33N5S/c1-3-14-37(15-4-1)51-54-46(33-49(61-54)36-28-30-56-31-29-36)57-55(58-51)60-47-26-24-38(32-45(47)43-25-22-35-13-8-10-19-41(35)52(43)60)42-20-11-21-44-50-40-18-9-7-12-34(40)23-27-48(50)59(53(42)44)39-16-5-2-6-17-39/h1-33H. The van der Waals surface area contributed by atoms with Crippen LogP contribution in [0.1, 0.15) is 0 Å². The van der Waals surface area contributed by atoms with Gasteiger partial charge in [-0.2, -0.15) is 0 Å². The molecule has 0 unspecified atom stereocenters. The Morgan fingerprint density at radius 2 is 1.13 bits per heavy atom. The minimum atomic E-state index is 0.646. The molecule has 0 bridgehead atoms. The predicted molar refractivity (Wildman–Crippen MR) is 255 cm³/mol. The summed E-state index contributed by atoms with van der Waals surface area (Å²) in [6, 6.07) is 67.7.